The fourth-order valence-electron chi connectivity index (χ4n) is 2.51. The molecule has 1 aliphatic heterocycles. The lowest BCUT2D eigenvalue weighted by atomic mass is 10.0. The van der Waals surface area contributed by atoms with E-state index in [-0.39, 0.29) is 5.92 Å². The van der Waals surface area contributed by atoms with Crippen LogP contribution in [-0.4, -0.2) is 35.8 Å². The van der Waals surface area contributed by atoms with Crippen molar-refractivity contribution in [1.29, 1.82) is 0 Å². The molecule has 0 saturated carbocycles. The molecule has 2 aromatic rings. The maximum Gasteiger partial charge on any atom is 0.254 e. The molecule has 3 heterocycles. The van der Waals surface area contributed by atoms with Crippen molar-refractivity contribution in [2.45, 2.75) is 36.8 Å². The number of nitrogens with zero attached hydrogens (tertiary/aromatic N) is 3. The average Bonchev–Trinajstić information content (AvgIpc) is 3.08. The summed E-state index contributed by atoms with van der Waals surface area (Å²) in [4.78, 5) is 8.58. The second kappa shape index (κ2) is 5.75. The molecule has 0 aliphatic carbocycles. The van der Waals surface area contributed by atoms with Crippen LogP contribution in [0.1, 0.15) is 34.5 Å². The van der Waals surface area contributed by atoms with Gasteiger partial charge in [-0.05, 0) is 26.7 Å². The largest absolute Gasteiger partial charge is 0.254 e. The van der Waals surface area contributed by atoms with E-state index in [9.17, 15) is 8.42 Å². The molecule has 21 heavy (non-hydrogen) atoms. The summed E-state index contributed by atoms with van der Waals surface area (Å²) < 4.78 is 27.3. The maximum atomic E-state index is 12.7. The smallest absolute Gasteiger partial charge is 0.249 e. The lowest BCUT2D eigenvalue weighted by Gasteiger charge is -2.30. The first-order valence-corrected chi connectivity index (χ1v) is 9.95. The summed E-state index contributed by atoms with van der Waals surface area (Å²) in [6.07, 6.45) is 3.34. The Labute approximate surface area is 132 Å². The van der Waals surface area contributed by atoms with Gasteiger partial charge in [0, 0.05) is 30.1 Å². The second-order valence-corrected chi connectivity index (χ2v) is 9.52. The Morgan fingerprint density at radius 3 is 2.81 bits per heavy atom. The van der Waals surface area contributed by atoms with E-state index >= 15 is 0 Å². The lowest BCUT2D eigenvalue weighted by molar-refractivity contribution is 0.316. The third-order valence-electron chi connectivity index (χ3n) is 3.56. The summed E-state index contributed by atoms with van der Waals surface area (Å²) in [5.41, 5.74) is 1.01. The zero-order valence-corrected chi connectivity index (χ0v) is 14.4. The molecular formula is C13H17N3O2S3. The first-order valence-electron chi connectivity index (χ1n) is 6.81. The van der Waals surface area contributed by atoms with Gasteiger partial charge in [0.1, 0.15) is 0 Å². The highest BCUT2D eigenvalue weighted by molar-refractivity contribution is 7.91. The fraction of sp³-hybridized carbons (Fsp3) is 0.538. The van der Waals surface area contributed by atoms with Crippen molar-refractivity contribution in [1.82, 2.24) is 14.3 Å². The van der Waals surface area contributed by atoms with Crippen molar-refractivity contribution >= 4 is 32.7 Å². The van der Waals surface area contributed by atoms with Crippen LogP contribution in [0.3, 0.4) is 0 Å². The normalized spacial score (nSPS) is 20.8. The lowest BCUT2D eigenvalue weighted by Crippen LogP contribution is -2.38. The quantitative estimate of drug-likeness (QED) is 0.860. The number of hydrogen-bond acceptors (Lipinski definition) is 6. The summed E-state index contributed by atoms with van der Waals surface area (Å²) in [5.74, 6) is 0.209. The van der Waals surface area contributed by atoms with Crippen LogP contribution in [0.15, 0.2) is 15.8 Å². The van der Waals surface area contributed by atoms with Crippen molar-refractivity contribution in [3.05, 3.63) is 27.3 Å². The van der Waals surface area contributed by atoms with Crippen molar-refractivity contribution in [2.24, 2.45) is 0 Å². The molecule has 1 saturated heterocycles. The van der Waals surface area contributed by atoms with Gasteiger partial charge in [0.15, 0.2) is 4.21 Å². The van der Waals surface area contributed by atoms with E-state index in [0.29, 0.717) is 17.3 Å². The van der Waals surface area contributed by atoms with Crippen LogP contribution in [0.25, 0.3) is 0 Å². The predicted octanol–water partition coefficient (Wildman–Crippen LogP) is 2.78. The topological polar surface area (TPSA) is 63.2 Å². The van der Waals surface area contributed by atoms with Crippen molar-refractivity contribution in [3.8, 4) is 0 Å². The molecule has 0 aromatic carbocycles. The Balaban J connectivity index is 1.83. The third kappa shape index (κ3) is 3.03. The zero-order chi connectivity index (χ0) is 15.0. The van der Waals surface area contributed by atoms with Gasteiger partial charge >= 0.3 is 0 Å². The van der Waals surface area contributed by atoms with E-state index in [1.54, 1.807) is 15.6 Å². The number of piperidine rings is 1. The van der Waals surface area contributed by atoms with Crippen LogP contribution >= 0.6 is 22.7 Å². The standard InChI is InChI=1S/C13H17N3O2S3/c1-9-8-19-13(15-9)11-4-3-5-16(7-11)21(17,18)12-6-14-10(2)20-12/h6,8,11H,3-5,7H2,1-2H3/t11-/m0/s1. The molecule has 1 fully saturated rings. The Morgan fingerprint density at radius 2 is 2.19 bits per heavy atom. The summed E-state index contributed by atoms with van der Waals surface area (Å²) in [6.45, 7) is 4.89. The van der Waals surface area contributed by atoms with E-state index in [2.05, 4.69) is 9.97 Å². The molecule has 2 aromatic heterocycles. The van der Waals surface area contributed by atoms with Crippen LogP contribution in [-0.2, 0) is 10.0 Å². The van der Waals surface area contributed by atoms with Gasteiger partial charge in [0.25, 0.3) is 10.0 Å². The molecular weight excluding hydrogens is 326 g/mol. The van der Waals surface area contributed by atoms with Gasteiger partial charge in [-0.2, -0.15) is 4.31 Å². The monoisotopic (exact) mass is 343 g/mol. The highest BCUT2D eigenvalue weighted by atomic mass is 32.2. The van der Waals surface area contributed by atoms with Gasteiger partial charge in [-0.3, -0.25) is 0 Å². The zero-order valence-electron chi connectivity index (χ0n) is 11.9. The Kier molecular flexibility index (Phi) is 4.13. The van der Waals surface area contributed by atoms with Crippen LogP contribution < -0.4 is 0 Å². The summed E-state index contributed by atoms with van der Waals surface area (Å²) >= 11 is 2.86. The van der Waals surface area contributed by atoms with Gasteiger partial charge in [-0.25, -0.2) is 18.4 Å². The van der Waals surface area contributed by atoms with Crippen molar-refractivity contribution in [2.75, 3.05) is 13.1 Å². The molecule has 114 valence electrons. The molecule has 3 rings (SSSR count). The molecule has 5 nitrogen and oxygen atoms in total. The molecule has 0 spiro atoms. The summed E-state index contributed by atoms with van der Waals surface area (Å²) in [5, 5.41) is 3.85. The number of aromatic nitrogens is 2. The van der Waals surface area contributed by atoms with E-state index in [0.717, 1.165) is 28.6 Å². The van der Waals surface area contributed by atoms with E-state index < -0.39 is 10.0 Å². The summed E-state index contributed by atoms with van der Waals surface area (Å²) in [6, 6.07) is 0. The first kappa shape index (κ1) is 15.1. The Hall–Kier alpha value is -0.830. The molecule has 1 aliphatic rings. The van der Waals surface area contributed by atoms with E-state index in [4.69, 9.17) is 0 Å². The third-order valence-corrected chi connectivity index (χ3v) is 7.90. The minimum Gasteiger partial charge on any atom is -0.249 e. The molecule has 0 amide bonds. The number of sulfonamides is 1. The Morgan fingerprint density at radius 1 is 1.38 bits per heavy atom. The van der Waals surface area contributed by atoms with Crippen LogP contribution in [0.2, 0.25) is 0 Å². The second-order valence-electron chi connectivity index (χ2n) is 5.23. The van der Waals surface area contributed by atoms with Crippen LogP contribution in [0.4, 0.5) is 0 Å². The fourth-order valence-corrected chi connectivity index (χ4v) is 6.22. The Bertz CT molecular complexity index is 735. The van der Waals surface area contributed by atoms with E-state index in [1.165, 1.54) is 17.5 Å². The predicted molar refractivity (Wildman–Crippen MR) is 84.4 cm³/mol. The number of hydrogen-bond donors (Lipinski definition) is 0. The average molecular weight is 343 g/mol. The molecule has 0 N–H and O–H groups in total. The first-order chi connectivity index (χ1) is 9.96. The van der Waals surface area contributed by atoms with Gasteiger partial charge < -0.3 is 0 Å². The number of thiazole rings is 2. The molecule has 0 bridgehead atoms. The van der Waals surface area contributed by atoms with Crippen molar-refractivity contribution in [3.63, 3.8) is 0 Å². The highest BCUT2D eigenvalue weighted by Crippen LogP contribution is 2.32. The van der Waals surface area contributed by atoms with E-state index in [1.807, 2.05) is 19.2 Å². The van der Waals surface area contributed by atoms with Gasteiger partial charge in [0.05, 0.1) is 16.2 Å². The molecule has 0 radical (unpaired) electrons. The minimum absolute atomic E-state index is 0.209. The van der Waals surface area contributed by atoms with Gasteiger partial charge in [-0.15, -0.1) is 22.7 Å². The van der Waals surface area contributed by atoms with Crippen molar-refractivity contribution < 1.29 is 8.42 Å². The molecule has 0 unspecified atom stereocenters. The SMILES string of the molecule is Cc1csc([C@H]2CCCN(S(=O)(=O)c3cnc(C)s3)C2)n1. The number of rotatable bonds is 3. The highest BCUT2D eigenvalue weighted by Gasteiger charge is 2.33. The number of aryl methyl sites for hydroxylation is 2. The van der Waals surface area contributed by atoms with Crippen LogP contribution in [0.5, 0.6) is 0 Å². The van der Waals surface area contributed by atoms with Gasteiger partial charge in [0.2, 0.25) is 0 Å². The van der Waals surface area contributed by atoms with Gasteiger partial charge in [-0.1, -0.05) is 0 Å². The summed E-state index contributed by atoms with van der Waals surface area (Å²) in [7, 11) is -3.41. The maximum absolute atomic E-state index is 12.7. The van der Waals surface area contributed by atoms with Crippen LogP contribution in [0, 0.1) is 13.8 Å². The minimum atomic E-state index is -3.41. The molecule has 8 heteroatoms. The molecule has 1 atom stereocenters.